The molecule has 2 aromatic carbocycles. The number of furan rings is 1. The first-order chi connectivity index (χ1) is 8.81. The van der Waals surface area contributed by atoms with Crippen LogP contribution in [-0.2, 0) is 6.54 Å². The molecule has 0 aliphatic carbocycles. The highest BCUT2D eigenvalue weighted by Crippen LogP contribution is 2.21. The molecule has 0 amide bonds. The predicted octanol–water partition coefficient (Wildman–Crippen LogP) is 4.35. The number of anilines is 1. The zero-order valence-electron chi connectivity index (χ0n) is 10.3. The molecule has 0 bridgehead atoms. The third-order valence-electron chi connectivity index (χ3n) is 2.96. The largest absolute Gasteiger partial charge is 0.459 e. The van der Waals surface area contributed by atoms with Gasteiger partial charge in [-0.15, -0.1) is 0 Å². The fourth-order valence-corrected chi connectivity index (χ4v) is 2.05. The van der Waals surface area contributed by atoms with Crippen molar-refractivity contribution in [2.75, 3.05) is 5.32 Å². The van der Waals surface area contributed by atoms with Crippen molar-refractivity contribution in [2.45, 2.75) is 13.5 Å². The summed E-state index contributed by atoms with van der Waals surface area (Å²) in [6.45, 7) is 2.80. The average molecular weight is 237 g/mol. The van der Waals surface area contributed by atoms with E-state index in [1.165, 1.54) is 10.9 Å². The summed E-state index contributed by atoms with van der Waals surface area (Å²) < 4.78 is 5.78. The van der Waals surface area contributed by atoms with Crippen LogP contribution in [0.2, 0.25) is 0 Å². The van der Waals surface area contributed by atoms with Crippen LogP contribution in [0.25, 0.3) is 11.0 Å². The maximum Gasteiger partial charge on any atom is 0.134 e. The lowest BCUT2D eigenvalue weighted by atomic mass is 10.2. The summed E-state index contributed by atoms with van der Waals surface area (Å²) in [7, 11) is 0. The van der Waals surface area contributed by atoms with Gasteiger partial charge in [-0.2, -0.15) is 0 Å². The molecule has 3 rings (SSSR count). The highest BCUT2D eigenvalue weighted by molar-refractivity contribution is 5.78. The second kappa shape index (κ2) is 4.57. The van der Waals surface area contributed by atoms with Gasteiger partial charge < -0.3 is 9.73 Å². The van der Waals surface area contributed by atoms with E-state index < -0.39 is 0 Å². The molecule has 0 aliphatic heterocycles. The smallest absolute Gasteiger partial charge is 0.134 e. The van der Waals surface area contributed by atoms with E-state index in [1.54, 1.807) is 0 Å². The molecule has 18 heavy (non-hydrogen) atoms. The van der Waals surface area contributed by atoms with Crippen molar-refractivity contribution in [2.24, 2.45) is 0 Å². The molecule has 3 aromatic rings. The normalized spacial score (nSPS) is 10.7. The number of fused-ring (bicyclic) bond motifs is 1. The molecule has 1 aromatic heterocycles. The first-order valence-corrected chi connectivity index (χ1v) is 6.09. The third kappa shape index (κ3) is 2.23. The van der Waals surface area contributed by atoms with Crippen molar-refractivity contribution in [3.05, 3.63) is 65.9 Å². The minimum Gasteiger partial charge on any atom is -0.459 e. The van der Waals surface area contributed by atoms with Crippen molar-refractivity contribution in [3.63, 3.8) is 0 Å². The third-order valence-corrected chi connectivity index (χ3v) is 2.96. The molecular formula is C16H15NO. The van der Waals surface area contributed by atoms with E-state index >= 15 is 0 Å². The number of aryl methyl sites for hydroxylation is 1. The Kier molecular flexibility index (Phi) is 2.77. The van der Waals surface area contributed by atoms with Crippen molar-refractivity contribution >= 4 is 16.7 Å². The topological polar surface area (TPSA) is 25.2 Å². The summed E-state index contributed by atoms with van der Waals surface area (Å²) in [6, 6.07) is 18.5. The molecular weight excluding hydrogens is 222 g/mol. The van der Waals surface area contributed by atoms with E-state index in [9.17, 15) is 0 Å². The molecule has 0 saturated heterocycles. The van der Waals surface area contributed by atoms with Crippen molar-refractivity contribution in [1.29, 1.82) is 0 Å². The number of benzene rings is 2. The van der Waals surface area contributed by atoms with Crippen LogP contribution in [0.5, 0.6) is 0 Å². The Balaban J connectivity index is 1.79. The molecule has 90 valence electrons. The molecule has 2 nitrogen and oxygen atoms in total. The second-order valence-electron chi connectivity index (χ2n) is 4.47. The second-order valence-corrected chi connectivity index (χ2v) is 4.47. The molecule has 0 atom stereocenters. The zero-order chi connectivity index (χ0) is 12.4. The number of para-hydroxylation sites is 1. The van der Waals surface area contributed by atoms with E-state index in [2.05, 4.69) is 30.4 Å². The number of hydrogen-bond acceptors (Lipinski definition) is 2. The summed E-state index contributed by atoms with van der Waals surface area (Å²) in [5.41, 5.74) is 3.31. The van der Waals surface area contributed by atoms with E-state index in [0.29, 0.717) is 6.54 Å². The van der Waals surface area contributed by atoms with Crippen molar-refractivity contribution in [1.82, 2.24) is 0 Å². The summed E-state index contributed by atoms with van der Waals surface area (Å²) in [6.07, 6.45) is 0. The predicted molar refractivity (Wildman–Crippen MR) is 74.7 cm³/mol. The fraction of sp³-hybridized carbons (Fsp3) is 0.125. The van der Waals surface area contributed by atoms with Crippen LogP contribution in [0.3, 0.4) is 0 Å². The first kappa shape index (κ1) is 10.9. The highest BCUT2D eigenvalue weighted by atomic mass is 16.3. The van der Waals surface area contributed by atoms with E-state index in [4.69, 9.17) is 4.42 Å². The molecule has 0 fully saturated rings. The van der Waals surface area contributed by atoms with Gasteiger partial charge in [0, 0.05) is 11.1 Å². The Bertz CT molecular complexity index is 655. The maximum absolute atomic E-state index is 5.78. The lowest BCUT2D eigenvalue weighted by molar-refractivity contribution is 0.559. The van der Waals surface area contributed by atoms with E-state index in [1.807, 2.05) is 36.4 Å². The minimum atomic E-state index is 0.706. The number of hydrogen-bond donors (Lipinski definition) is 1. The highest BCUT2D eigenvalue weighted by Gasteiger charge is 2.03. The lowest BCUT2D eigenvalue weighted by Crippen LogP contribution is -1.97. The van der Waals surface area contributed by atoms with Gasteiger partial charge in [0.2, 0.25) is 0 Å². The quantitative estimate of drug-likeness (QED) is 0.732. The number of nitrogens with one attached hydrogen (secondary N) is 1. The Morgan fingerprint density at radius 1 is 1.00 bits per heavy atom. The summed E-state index contributed by atoms with van der Waals surface area (Å²) in [5, 5.41) is 4.51. The lowest BCUT2D eigenvalue weighted by Gasteiger charge is -2.02. The van der Waals surface area contributed by atoms with Crippen LogP contribution in [0.4, 0.5) is 5.69 Å². The van der Waals surface area contributed by atoms with E-state index in [-0.39, 0.29) is 0 Å². The monoisotopic (exact) mass is 237 g/mol. The molecule has 0 aliphatic rings. The summed E-state index contributed by atoms with van der Waals surface area (Å²) in [4.78, 5) is 0. The van der Waals surface area contributed by atoms with Gasteiger partial charge in [0.1, 0.15) is 11.3 Å². The fourth-order valence-electron chi connectivity index (χ4n) is 2.05. The van der Waals surface area contributed by atoms with Gasteiger partial charge in [-0.25, -0.2) is 0 Å². The molecule has 0 saturated carbocycles. The Labute approximate surface area is 106 Å². The Morgan fingerprint density at radius 2 is 1.83 bits per heavy atom. The van der Waals surface area contributed by atoms with Crippen molar-refractivity contribution < 1.29 is 4.42 Å². The SMILES string of the molecule is Cc1ccc2oc(CNc3ccccc3)cc2c1. The van der Waals surface area contributed by atoms with Gasteiger partial charge in [0.15, 0.2) is 0 Å². The molecule has 1 N–H and O–H groups in total. The van der Waals surface area contributed by atoms with E-state index in [0.717, 1.165) is 17.0 Å². The number of rotatable bonds is 3. The van der Waals surface area contributed by atoms with Crippen LogP contribution in [0.1, 0.15) is 11.3 Å². The molecule has 0 radical (unpaired) electrons. The van der Waals surface area contributed by atoms with Crippen LogP contribution < -0.4 is 5.32 Å². The van der Waals surface area contributed by atoms with Gasteiger partial charge in [0.05, 0.1) is 6.54 Å². The zero-order valence-corrected chi connectivity index (χ0v) is 10.3. The Hall–Kier alpha value is -2.22. The molecule has 0 spiro atoms. The standard InChI is InChI=1S/C16H15NO/c1-12-7-8-16-13(9-12)10-15(18-16)11-17-14-5-3-2-4-6-14/h2-10,17H,11H2,1H3. The minimum absolute atomic E-state index is 0.706. The van der Waals surface area contributed by atoms with Gasteiger partial charge in [-0.05, 0) is 37.3 Å². The summed E-state index contributed by atoms with van der Waals surface area (Å²) >= 11 is 0. The van der Waals surface area contributed by atoms with Gasteiger partial charge in [0.25, 0.3) is 0 Å². The molecule has 2 heteroatoms. The molecule has 1 heterocycles. The van der Waals surface area contributed by atoms with Crippen LogP contribution >= 0.6 is 0 Å². The van der Waals surface area contributed by atoms with Gasteiger partial charge >= 0.3 is 0 Å². The average Bonchev–Trinajstić information content (AvgIpc) is 2.79. The van der Waals surface area contributed by atoms with Crippen LogP contribution in [-0.4, -0.2) is 0 Å². The first-order valence-electron chi connectivity index (χ1n) is 6.09. The molecule has 0 unspecified atom stereocenters. The maximum atomic E-state index is 5.78. The van der Waals surface area contributed by atoms with Gasteiger partial charge in [-0.3, -0.25) is 0 Å². The van der Waals surface area contributed by atoms with Crippen molar-refractivity contribution in [3.8, 4) is 0 Å². The van der Waals surface area contributed by atoms with Crippen LogP contribution in [0, 0.1) is 6.92 Å². The summed E-state index contributed by atoms with van der Waals surface area (Å²) in [5.74, 6) is 0.958. The van der Waals surface area contributed by atoms with Crippen LogP contribution in [0.15, 0.2) is 59.0 Å². The van der Waals surface area contributed by atoms with Gasteiger partial charge in [-0.1, -0.05) is 29.8 Å². The Morgan fingerprint density at radius 3 is 2.67 bits per heavy atom.